The molecule has 154 valence electrons. The Morgan fingerprint density at radius 2 is 1.71 bits per heavy atom. The molecule has 0 fully saturated rings. The molecule has 0 bridgehead atoms. The van der Waals surface area contributed by atoms with Crippen molar-refractivity contribution in [2.24, 2.45) is 10.7 Å². The van der Waals surface area contributed by atoms with Gasteiger partial charge in [-0.2, -0.15) is 0 Å². The van der Waals surface area contributed by atoms with Crippen LogP contribution in [0.1, 0.15) is 23.1 Å². The van der Waals surface area contributed by atoms with Crippen LogP contribution in [0.5, 0.6) is 17.2 Å². The largest absolute Gasteiger partial charge is 0.493 e. The lowest BCUT2D eigenvalue weighted by molar-refractivity contribution is 0.307. The molecule has 3 N–H and O–H groups in total. The molecule has 0 saturated carbocycles. The van der Waals surface area contributed by atoms with Crippen LogP contribution in [0, 0.1) is 13.8 Å². The van der Waals surface area contributed by atoms with Gasteiger partial charge in [-0.3, -0.25) is 0 Å². The van der Waals surface area contributed by atoms with Gasteiger partial charge in [-0.15, -0.1) is 24.0 Å². The van der Waals surface area contributed by atoms with Gasteiger partial charge in [-0.05, 0) is 49.1 Å². The van der Waals surface area contributed by atoms with Gasteiger partial charge in [-0.25, -0.2) is 4.99 Å². The van der Waals surface area contributed by atoms with E-state index in [1.807, 2.05) is 24.3 Å². The fourth-order valence-electron chi connectivity index (χ4n) is 2.70. The Labute approximate surface area is 184 Å². The molecular formula is C21H30IN3O3. The van der Waals surface area contributed by atoms with Gasteiger partial charge in [0.15, 0.2) is 17.5 Å². The van der Waals surface area contributed by atoms with Crippen molar-refractivity contribution in [1.29, 1.82) is 0 Å². The number of nitrogens with one attached hydrogen (secondary N) is 1. The predicted octanol–water partition coefficient (Wildman–Crippen LogP) is 3.81. The third-order valence-corrected chi connectivity index (χ3v) is 4.16. The summed E-state index contributed by atoms with van der Waals surface area (Å²) in [6.07, 6.45) is 0.834. The zero-order valence-electron chi connectivity index (χ0n) is 17.0. The van der Waals surface area contributed by atoms with Crippen molar-refractivity contribution in [2.75, 3.05) is 27.4 Å². The second kappa shape index (κ2) is 12.3. The highest BCUT2D eigenvalue weighted by molar-refractivity contribution is 14.0. The maximum atomic E-state index is 5.93. The van der Waals surface area contributed by atoms with Gasteiger partial charge in [0, 0.05) is 6.54 Å². The molecule has 0 aromatic heterocycles. The maximum Gasteiger partial charge on any atom is 0.188 e. The van der Waals surface area contributed by atoms with Crippen molar-refractivity contribution in [3.63, 3.8) is 0 Å². The van der Waals surface area contributed by atoms with Gasteiger partial charge >= 0.3 is 0 Å². The second-order valence-corrected chi connectivity index (χ2v) is 6.24. The number of aryl methyl sites for hydroxylation is 2. The van der Waals surface area contributed by atoms with Gasteiger partial charge in [0.05, 0.1) is 27.4 Å². The lowest BCUT2D eigenvalue weighted by Crippen LogP contribution is -2.33. The van der Waals surface area contributed by atoms with E-state index in [-0.39, 0.29) is 24.0 Å². The number of halogens is 1. The number of ether oxygens (including phenoxy) is 3. The molecule has 0 unspecified atom stereocenters. The molecule has 2 rings (SSSR count). The number of para-hydroxylation sites is 1. The van der Waals surface area contributed by atoms with Crippen LogP contribution in [0.4, 0.5) is 0 Å². The number of rotatable bonds is 9. The summed E-state index contributed by atoms with van der Waals surface area (Å²) in [6.45, 7) is 5.91. The number of guanidine groups is 1. The molecule has 0 aliphatic rings. The third kappa shape index (κ3) is 7.10. The van der Waals surface area contributed by atoms with E-state index in [0.29, 0.717) is 37.2 Å². The minimum Gasteiger partial charge on any atom is -0.493 e. The van der Waals surface area contributed by atoms with E-state index in [1.54, 1.807) is 14.2 Å². The quantitative estimate of drug-likeness (QED) is 0.238. The van der Waals surface area contributed by atoms with E-state index >= 15 is 0 Å². The molecule has 0 saturated heterocycles. The average molecular weight is 499 g/mol. The lowest BCUT2D eigenvalue weighted by Gasteiger charge is -2.12. The van der Waals surface area contributed by atoms with Crippen LogP contribution in [0.3, 0.4) is 0 Å². The molecule has 0 spiro atoms. The van der Waals surface area contributed by atoms with Gasteiger partial charge in [0.2, 0.25) is 0 Å². The molecule has 0 atom stereocenters. The van der Waals surface area contributed by atoms with E-state index < -0.39 is 0 Å². The Morgan fingerprint density at radius 3 is 2.36 bits per heavy atom. The van der Waals surface area contributed by atoms with E-state index in [4.69, 9.17) is 19.9 Å². The van der Waals surface area contributed by atoms with Crippen LogP contribution >= 0.6 is 24.0 Å². The molecule has 2 aromatic carbocycles. The Balaban J connectivity index is 0.00000392. The molecular weight excluding hydrogens is 469 g/mol. The summed E-state index contributed by atoms with van der Waals surface area (Å²) in [4.78, 5) is 4.36. The molecule has 28 heavy (non-hydrogen) atoms. The Bertz CT molecular complexity index is 761. The van der Waals surface area contributed by atoms with E-state index in [2.05, 4.69) is 36.3 Å². The standard InChI is InChI=1S/C21H29N3O3.HI/c1-15-7-5-8-16(2)20(15)27-12-6-11-23-21(22)24-14-17-9-10-18(25-3)19(13-17)26-4;/h5,7-10,13H,6,11-12,14H2,1-4H3,(H3,22,23,24);1H. The summed E-state index contributed by atoms with van der Waals surface area (Å²) >= 11 is 0. The fourth-order valence-corrected chi connectivity index (χ4v) is 2.70. The summed E-state index contributed by atoms with van der Waals surface area (Å²) < 4.78 is 16.4. The minimum absolute atomic E-state index is 0. The highest BCUT2D eigenvalue weighted by atomic mass is 127. The first kappa shape index (κ1) is 23.9. The third-order valence-electron chi connectivity index (χ3n) is 4.16. The first-order chi connectivity index (χ1) is 13.0. The molecule has 7 heteroatoms. The number of hydrogen-bond donors (Lipinski definition) is 2. The van der Waals surface area contributed by atoms with Crippen LogP contribution in [0.25, 0.3) is 0 Å². The van der Waals surface area contributed by atoms with Gasteiger partial charge in [0.1, 0.15) is 5.75 Å². The number of nitrogens with two attached hydrogens (primary N) is 1. The van der Waals surface area contributed by atoms with Crippen molar-refractivity contribution >= 4 is 29.9 Å². The second-order valence-electron chi connectivity index (χ2n) is 6.24. The van der Waals surface area contributed by atoms with Crippen molar-refractivity contribution in [3.8, 4) is 17.2 Å². The summed E-state index contributed by atoms with van der Waals surface area (Å²) in [6, 6.07) is 11.8. The zero-order chi connectivity index (χ0) is 19.6. The summed E-state index contributed by atoms with van der Waals surface area (Å²) in [5.74, 6) is 2.75. The number of methoxy groups -OCH3 is 2. The zero-order valence-corrected chi connectivity index (χ0v) is 19.3. The first-order valence-corrected chi connectivity index (χ1v) is 8.99. The number of hydrogen-bond acceptors (Lipinski definition) is 4. The SMILES string of the molecule is COc1ccc(CN=C(N)NCCCOc2c(C)cccc2C)cc1OC.I. The van der Waals surface area contributed by atoms with Crippen LogP contribution in [0.15, 0.2) is 41.4 Å². The van der Waals surface area contributed by atoms with Crippen molar-refractivity contribution in [2.45, 2.75) is 26.8 Å². The van der Waals surface area contributed by atoms with Gasteiger partial charge in [-0.1, -0.05) is 24.3 Å². The molecule has 0 aliphatic heterocycles. The molecule has 0 radical (unpaired) electrons. The van der Waals surface area contributed by atoms with Gasteiger partial charge < -0.3 is 25.3 Å². The average Bonchev–Trinajstić information content (AvgIpc) is 2.67. The lowest BCUT2D eigenvalue weighted by atomic mass is 10.1. The monoisotopic (exact) mass is 499 g/mol. The molecule has 0 aliphatic carbocycles. The molecule has 0 heterocycles. The van der Waals surface area contributed by atoms with E-state index in [0.717, 1.165) is 28.9 Å². The minimum atomic E-state index is 0. The predicted molar refractivity (Wildman–Crippen MR) is 124 cm³/mol. The smallest absolute Gasteiger partial charge is 0.188 e. The van der Waals surface area contributed by atoms with Crippen molar-refractivity contribution in [1.82, 2.24) is 5.32 Å². The van der Waals surface area contributed by atoms with Crippen LogP contribution in [-0.2, 0) is 6.54 Å². The highest BCUT2D eigenvalue weighted by Crippen LogP contribution is 2.27. The Kier molecular flexibility index (Phi) is 10.5. The van der Waals surface area contributed by atoms with Crippen molar-refractivity contribution in [3.05, 3.63) is 53.1 Å². The highest BCUT2D eigenvalue weighted by Gasteiger charge is 2.05. The Hall–Kier alpha value is -2.16. The van der Waals surface area contributed by atoms with E-state index in [9.17, 15) is 0 Å². The fraction of sp³-hybridized carbons (Fsp3) is 0.381. The summed E-state index contributed by atoms with van der Waals surface area (Å²) in [5, 5.41) is 3.11. The summed E-state index contributed by atoms with van der Waals surface area (Å²) in [5.41, 5.74) is 9.23. The molecule has 0 amide bonds. The van der Waals surface area contributed by atoms with Crippen LogP contribution in [0.2, 0.25) is 0 Å². The maximum absolute atomic E-state index is 5.93. The first-order valence-electron chi connectivity index (χ1n) is 8.99. The van der Waals surface area contributed by atoms with Crippen LogP contribution < -0.4 is 25.3 Å². The number of aliphatic imine (C=N–C) groups is 1. The van der Waals surface area contributed by atoms with E-state index in [1.165, 1.54) is 0 Å². The Morgan fingerprint density at radius 1 is 1.04 bits per heavy atom. The molecule has 2 aromatic rings. The summed E-state index contributed by atoms with van der Waals surface area (Å²) in [7, 11) is 3.23. The number of nitrogens with zero attached hydrogens (tertiary/aromatic N) is 1. The van der Waals surface area contributed by atoms with Crippen LogP contribution in [-0.4, -0.2) is 33.3 Å². The normalized spacial score (nSPS) is 10.8. The topological polar surface area (TPSA) is 78.1 Å². The number of benzene rings is 2. The van der Waals surface area contributed by atoms with Gasteiger partial charge in [0.25, 0.3) is 0 Å². The molecule has 6 nitrogen and oxygen atoms in total. The van der Waals surface area contributed by atoms with Crippen molar-refractivity contribution < 1.29 is 14.2 Å².